The molecule has 0 aliphatic carbocycles. The molecule has 0 aromatic carbocycles. The Hall–Kier alpha value is -0.500. The maximum absolute atomic E-state index is 5.04. The van der Waals surface area contributed by atoms with Crippen LogP contribution in [0.15, 0.2) is 11.8 Å². The van der Waals surface area contributed by atoms with Crippen LogP contribution in [0.4, 0.5) is 0 Å². The summed E-state index contributed by atoms with van der Waals surface area (Å²) in [5.74, 6) is 0.877. The molecule has 0 saturated heterocycles. The van der Waals surface area contributed by atoms with Crippen molar-refractivity contribution in [3.05, 3.63) is 11.8 Å². The smallest absolute Gasteiger partial charge is 0.136 e. The molecule has 0 atom stereocenters. The molecule has 0 aromatic heterocycles. The van der Waals surface area contributed by atoms with Crippen LogP contribution in [0, 0.1) is 0 Å². The van der Waals surface area contributed by atoms with E-state index < -0.39 is 0 Å². The highest BCUT2D eigenvalue weighted by Crippen LogP contribution is 1.89. The zero-order valence-electron chi connectivity index (χ0n) is 4.77. The third-order valence-electron chi connectivity index (χ3n) is 0.718. The van der Waals surface area contributed by atoms with Gasteiger partial charge in [-0.1, -0.05) is 0 Å². The standard InChI is InChI=1S/C5H11NO/c1-3-5(2)7-4-6/h3H,4,6H2,1-2H3. The minimum absolute atomic E-state index is 0.274. The summed E-state index contributed by atoms with van der Waals surface area (Å²) in [6.45, 7) is 4.05. The highest BCUT2D eigenvalue weighted by molar-refractivity contribution is 4.83. The molecule has 0 heterocycles. The Bertz CT molecular complexity index is 68.5. The largest absolute Gasteiger partial charge is 0.484 e. The van der Waals surface area contributed by atoms with Crippen molar-refractivity contribution in [2.24, 2.45) is 5.73 Å². The van der Waals surface area contributed by atoms with E-state index in [9.17, 15) is 0 Å². The molecule has 0 aliphatic heterocycles. The van der Waals surface area contributed by atoms with E-state index in [1.54, 1.807) is 0 Å². The van der Waals surface area contributed by atoms with Crippen molar-refractivity contribution >= 4 is 0 Å². The minimum atomic E-state index is 0.274. The first-order chi connectivity index (χ1) is 3.31. The molecule has 2 N–H and O–H groups in total. The van der Waals surface area contributed by atoms with E-state index in [1.807, 2.05) is 19.9 Å². The lowest BCUT2D eigenvalue weighted by Crippen LogP contribution is -2.01. The van der Waals surface area contributed by atoms with Gasteiger partial charge in [-0.2, -0.15) is 0 Å². The highest BCUT2D eigenvalue weighted by Gasteiger charge is 1.77. The second-order valence-corrected chi connectivity index (χ2v) is 1.21. The molecule has 0 radical (unpaired) electrons. The number of nitrogens with two attached hydrogens (primary N) is 1. The number of rotatable bonds is 2. The Morgan fingerprint density at radius 1 is 1.86 bits per heavy atom. The highest BCUT2D eigenvalue weighted by atomic mass is 16.5. The van der Waals surface area contributed by atoms with Crippen LogP contribution in [0.3, 0.4) is 0 Å². The Morgan fingerprint density at radius 3 is 2.57 bits per heavy atom. The SMILES string of the molecule is CC=C(C)OCN. The maximum atomic E-state index is 5.04. The number of ether oxygens (including phenoxy) is 1. The molecule has 0 bridgehead atoms. The van der Waals surface area contributed by atoms with Crippen molar-refractivity contribution < 1.29 is 4.74 Å². The van der Waals surface area contributed by atoms with Crippen LogP contribution in [0.1, 0.15) is 13.8 Å². The lowest BCUT2D eigenvalue weighted by molar-refractivity contribution is 0.222. The summed E-state index contributed by atoms with van der Waals surface area (Å²) in [5, 5.41) is 0. The molecule has 0 amide bonds. The van der Waals surface area contributed by atoms with Gasteiger partial charge in [0.15, 0.2) is 0 Å². The van der Waals surface area contributed by atoms with Crippen molar-refractivity contribution in [2.75, 3.05) is 6.73 Å². The van der Waals surface area contributed by atoms with Gasteiger partial charge < -0.3 is 4.74 Å². The molecule has 7 heavy (non-hydrogen) atoms. The van der Waals surface area contributed by atoms with Crippen molar-refractivity contribution in [3.8, 4) is 0 Å². The molecule has 0 aliphatic rings. The van der Waals surface area contributed by atoms with Gasteiger partial charge in [-0.3, -0.25) is 5.73 Å². The topological polar surface area (TPSA) is 35.2 Å². The average molecular weight is 101 g/mol. The monoisotopic (exact) mass is 101 g/mol. The maximum Gasteiger partial charge on any atom is 0.136 e. The van der Waals surface area contributed by atoms with Crippen molar-refractivity contribution in [3.63, 3.8) is 0 Å². The normalized spacial score (nSPS) is 11.6. The fourth-order valence-corrected chi connectivity index (χ4v) is 0.215. The molecule has 0 aromatic rings. The number of hydrogen-bond donors (Lipinski definition) is 1. The van der Waals surface area contributed by atoms with Crippen molar-refractivity contribution in [2.45, 2.75) is 13.8 Å². The first-order valence-electron chi connectivity index (χ1n) is 2.27. The van der Waals surface area contributed by atoms with Crippen LogP contribution in [0.5, 0.6) is 0 Å². The zero-order chi connectivity index (χ0) is 5.70. The zero-order valence-corrected chi connectivity index (χ0v) is 4.77. The molecule has 2 nitrogen and oxygen atoms in total. The van der Waals surface area contributed by atoms with Gasteiger partial charge in [0.25, 0.3) is 0 Å². The van der Waals surface area contributed by atoms with E-state index >= 15 is 0 Å². The molecule has 0 spiro atoms. The number of allylic oxidation sites excluding steroid dienone is 2. The van der Waals surface area contributed by atoms with Gasteiger partial charge >= 0.3 is 0 Å². The molecule has 2 heteroatoms. The fourth-order valence-electron chi connectivity index (χ4n) is 0.215. The van der Waals surface area contributed by atoms with Gasteiger partial charge in [-0.15, -0.1) is 0 Å². The first kappa shape index (κ1) is 6.50. The summed E-state index contributed by atoms with van der Waals surface area (Å²) < 4.78 is 4.83. The van der Waals surface area contributed by atoms with Crippen LogP contribution in [0.2, 0.25) is 0 Å². The summed E-state index contributed by atoms with van der Waals surface area (Å²) in [6.07, 6.45) is 1.87. The lowest BCUT2D eigenvalue weighted by Gasteiger charge is -1.97. The minimum Gasteiger partial charge on any atom is -0.484 e. The third kappa shape index (κ3) is 3.33. The van der Waals surface area contributed by atoms with E-state index in [-0.39, 0.29) is 6.73 Å². The summed E-state index contributed by atoms with van der Waals surface area (Å²) in [6, 6.07) is 0. The van der Waals surface area contributed by atoms with E-state index in [4.69, 9.17) is 10.5 Å². The van der Waals surface area contributed by atoms with E-state index in [2.05, 4.69) is 0 Å². The van der Waals surface area contributed by atoms with Gasteiger partial charge in [-0.25, -0.2) is 0 Å². The molecular weight excluding hydrogens is 90.1 g/mol. The second kappa shape index (κ2) is 3.68. The molecule has 0 fully saturated rings. The van der Waals surface area contributed by atoms with Crippen molar-refractivity contribution in [1.29, 1.82) is 0 Å². The Kier molecular flexibility index (Phi) is 3.42. The summed E-state index contributed by atoms with van der Waals surface area (Å²) in [7, 11) is 0. The molecule has 0 saturated carbocycles. The van der Waals surface area contributed by atoms with Crippen LogP contribution < -0.4 is 5.73 Å². The molecule has 0 unspecified atom stereocenters. The van der Waals surface area contributed by atoms with Crippen LogP contribution >= 0.6 is 0 Å². The first-order valence-corrected chi connectivity index (χ1v) is 2.27. The average Bonchev–Trinajstić information content (AvgIpc) is 1.68. The second-order valence-electron chi connectivity index (χ2n) is 1.21. The van der Waals surface area contributed by atoms with Crippen molar-refractivity contribution in [1.82, 2.24) is 0 Å². The predicted molar refractivity (Wildman–Crippen MR) is 29.6 cm³/mol. The Morgan fingerprint density at radius 2 is 2.43 bits per heavy atom. The van der Waals surface area contributed by atoms with Crippen LogP contribution in [0.25, 0.3) is 0 Å². The number of hydrogen-bond acceptors (Lipinski definition) is 2. The van der Waals surface area contributed by atoms with E-state index in [1.165, 1.54) is 0 Å². The Labute approximate surface area is 44.0 Å². The summed E-state index contributed by atoms with van der Waals surface area (Å²) >= 11 is 0. The predicted octanol–water partition coefficient (Wildman–Crippen LogP) is 0.843. The molecule has 0 rings (SSSR count). The van der Waals surface area contributed by atoms with Gasteiger partial charge in [-0.05, 0) is 19.9 Å². The molecule has 42 valence electrons. The summed E-state index contributed by atoms with van der Waals surface area (Å²) in [5.41, 5.74) is 5.04. The van der Waals surface area contributed by atoms with E-state index in [0.717, 1.165) is 5.76 Å². The van der Waals surface area contributed by atoms with Crippen LogP contribution in [-0.4, -0.2) is 6.73 Å². The summed E-state index contributed by atoms with van der Waals surface area (Å²) in [4.78, 5) is 0. The Balaban J connectivity index is 3.17. The third-order valence-corrected chi connectivity index (χ3v) is 0.718. The fraction of sp³-hybridized carbons (Fsp3) is 0.600. The van der Waals surface area contributed by atoms with Gasteiger partial charge in [0.05, 0.1) is 5.76 Å². The molecular formula is C5H11NO. The quantitative estimate of drug-likeness (QED) is 0.413. The lowest BCUT2D eigenvalue weighted by atomic mass is 10.5. The van der Waals surface area contributed by atoms with Gasteiger partial charge in [0.1, 0.15) is 6.73 Å². The van der Waals surface area contributed by atoms with Gasteiger partial charge in [0, 0.05) is 0 Å². The van der Waals surface area contributed by atoms with E-state index in [0.29, 0.717) is 0 Å². The van der Waals surface area contributed by atoms with Crippen LogP contribution in [-0.2, 0) is 4.74 Å². The van der Waals surface area contributed by atoms with Gasteiger partial charge in [0.2, 0.25) is 0 Å².